The van der Waals surface area contributed by atoms with Gasteiger partial charge in [-0.2, -0.15) is 0 Å². The molecule has 0 saturated carbocycles. The van der Waals surface area contributed by atoms with Gasteiger partial charge in [-0.15, -0.1) is 0 Å². The molecule has 2 aromatic heterocycles. The topological polar surface area (TPSA) is 98.8 Å². The van der Waals surface area contributed by atoms with Crippen LogP contribution < -0.4 is 5.32 Å². The Hall–Kier alpha value is -4.07. The van der Waals surface area contributed by atoms with Crippen LogP contribution in [0.4, 0.5) is 11.5 Å². The molecule has 3 aromatic rings. The van der Waals surface area contributed by atoms with Gasteiger partial charge < -0.3 is 9.88 Å². The van der Waals surface area contributed by atoms with Crippen molar-refractivity contribution < 1.29 is 4.92 Å². The number of hydrogen-bond donors (Lipinski definition) is 1. The van der Waals surface area contributed by atoms with E-state index >= 15 is 0 Å². The molecule has 30 heavy (non-hydrogen) atoms. The predicted octanol–water partition coefficient (Wildman–Crippen LogP) is 4.51. The Kier molecular flexibility index (Phi) is 6.83. The van der Waals surface area contributed by atoms with Crippen molar-refractivity contribution in [1.82, 2.24) is 19.5 Å². The highest BCUT2D eigenvalue weighted by Crippen LogP contribution is 2.25. The van der Waals surface area contributed by atoms with Crippen LogP contribution in [-0.2, 0) is 6.54 Å². The molecular weight excluding hydrogens is 380 g/mol. The first-order valence-corrected chi connectivity index (χ1v) is 9.39. The van der Waals surface area contributed by atoms with Gasteiger partial charge in [0, 0.05) is 54.8 Å². The number of rotatable bonds is 10. The molecule has 0 unspecified atom stereocenters. The summed E-state index contributed by atoms with van der Waals surface area (Å²) in [4.78, 5) is 23.7. The Labute approximate surface area is 174 Å². The van der Waals surface area contributed by atoms with Gasteiger partial charge in [-0.3, -0.25) is 10.1 Å². The molecule has 0 aliphatic heterocycles. The monoisotopic (exact) mass is 402 g/mol. The molecule has 0 aliphatic rings. The lowest BCUT2D eigenvalue weighted by Crippen LogP contribution is -2.09. The van der Waals surface area contributed by atoms with Crippen LogP contribution in [0.15, 0.2) is 80.4 Å². The number of benzene rings is 1. The Morgan fingerprint density at radius 2 is 2.03 bits per heavy atom. The standard InChI is InChI=1S/C22H22N6O2/c1-3-6-17(4-2)22-25-20(18-7-9-19(10-8-18)28(29)30)15-21(26-22)24-11-5-13-27-14-12-23-16-27/h3-4,6-10,12,14-16H,1-2,5,11,13H2,(H,24,25,26)/b17-6+. The lowest BCUT2D eigenvalue weighted by atomic mass is 10.1. The van der Waals surface area contributed by atoms with Crippen molar-refractivity contribution in [2.45, 2.75) is 13.0 Å². The third kappa shape index (κ3) is 5.26. The molecule has 0 radical (unpaired) electrons. The van der Waals surface area contributed by atoms with E-state index in [-0.39, 0.29) is 5.69 Å². The van der Waals surface area contributed by atoms with Crippen LogP contribution in [0.3, 0.4) is 0 Å². The second kappa shape index (κ2) is 9.92. The fourth-order valence-electron chi connectivity index (χ4n) is 2.83. The Morgan fingerprint density at radius 3 is 2.67 bits per heavy atom. The lowest BCUT2D eigenvalue weighted by Gasteiger charge is -2.11. The second-order valence-corrected chi connectivity index (χ2v) is 6.41. The van der Waals surface area contributed by atoms with Crippen molar-refractivity contribution in [2.75, 3.05) is 11.9 Å². The van der Waals surface area contributed by atoms with Gasteiger partial charge in [0.15, 0.2) is 5.82 Å². The largest absolute Gasteiger partial charge is 0.370 e. The smallest absolute Gasteiger partial charge is 0.269 e. The van der Waals surface area contributed by atoms with Gasteiger partial charge in [-0.1, -0.05) is 31.4 Å². The zero-order valence-electron chi connectivity index (χ0n) is 16.4. The van der Waals surface area contributed by atoms with Gasteiger partial charge in [0.1, 0.15) is 5.82 Å². The van der Waals surface area contributed by atoms with E-state index in [1.807, 2.05) is 16.8 Å². The molecule has 0 fully saturated rings. The predicted molar refractivity (Wildman–Crippen MR) is 118 cm³/mol. The molecule has 0 aliphatic carbocycles. The molecule has 0 atom stereocenters. The van der Waals surface area contributed by atoms with Crippen LogP contribution >= 0.6 is 0 Å². The number of allylic oxidation sites excluding steroid dienone is 4. The maximum absolute atomic E-state index is 10.9. The quantitative estimate of drug-likeness (QED) is 0.232. The van der Waals surface area contributed by atoms with Gasteiger partial charge in [0.05, 0.1) is 16.9 Å². The van der Waals surface area contributed by atoms with E-state index in [9.17, 15) is 10.1 Å². The normalized spacial score (nSPS) is 11.1. The van der Waals surface area contributed by atoms with Crippen LogP contribution in [0.2, 0.25) is 0 Å². The minimum absolute atomic E-state index is 0.0317. The molecule has 0 saturated heterocycles. The third-order valence-corrected chi connectivity index (χ3v) is 4.33. The van der Waals surface area contributed by atoms with Gasteiger partial charge in [0.2, 0.25) is 0 Å². The second-order valence-electron chi connectivity index (χ2n) is 6.41. The molecule has 1 N–H and O–H groups in total. The summed E-state index contributed by atoms with van der Waals surface area (Å²) in [5, 5.41) is 14.3. The number of nitro benzene ring substituents is 1. The van der Waals surface area contributed by atoms with E-state index in [1.54, 1.807) is 42.9 Å². The number of nitro groups is 1. The number of nitrogens with one attached hydrogen (secondary N) is 1. The number of aryl methyl sites for hydroxylation is 1. The number of non-ortho nitro benzene ring substituents is 1. The number of anilines is 1. The molecule has 8 heteroatoms. The number of imidazole rings is 1. The van der Waals surface area contributed by atoms with E-state index in [4.69, 9.17) is 0 Å². The summed E-state index contributed by atoms with van der Waals surface area (Å²) < 4.78 is 2.01. The maximum Gasteiger partial charge on any atom is 0.269 e. The number of nitrogens with zero attached hydrogens (tertiary/aromatic N) is 5. The fourth-order valence-corrected chi connectivity index (χ4v) is 2.83. The van der Waals surface area contributed by atoms with E-state index in [2.05, 4.69) is 33.4 Å². The Bertz CT molecular complexity index is 1060. The SMILES string of the molecule is C=C/C=C(\C=C)c1nc(NCCCn2ccnc2)cc(-c2ccc([N+](=O)[O-])cc2)n1. The van der Waals surface area contributed by atoms with Crippen LogP contribution in [0.5, 0.6) is 0 Å². The van der Waals surface area contributed by atoms with Gasteiger partial charge >= 0.3 is 0 Å². The molecule has 0 spiro atoms. The fraction of sp³-hybridized carbons (Fsp3) is 0.136. The van der Waals surface area contributed by atoms with Crippen molar-refractivity contribution in [3.05, 3.63) is 96.4 Å². The first-order valence-electron chi connectivity index (χ1n) is 9.39. The summed E-state index contributed by atoms with van der Waals surface area (Å²) in [7, 11) is 0. The molecule has 0 bridgehead atoms. The van der Waals surface area contributed by atoms with Crippen LogP contribution in [-0.4, -0.2) is 31.0 Å². The maximum atomic E-state index is 10.9. The van der Waals surface area contributed by atoms with Crippen LogP contribution in [0.25, 0.3) is 16.8 Å². The van der Waals surface area contributed by atoms with E-state index in [1.165, 1.54) is 12.1 Å². The van der Waals surface area contributed by atoms with Crippen molar-refractivity contribution in [1.29, 1.82) is 0 Å². The summed E-state index contributed by atoms with van der Waals surface area (Å²) in [5.74, 6) is 1.16. The molecule has 152 valence electrons. The zero-order valence-corrected chi connectivity index (χ0v) is 16.4. The average molecular weight is 402 g/mol. The minimum atomic E-state index is -0.426. The van der Waals surface area contributed by atoms with E-state index in [0.717, 1.165) is 24.1 Å². The summed E-state index contributed by atoms with van der Waals surface area (Å²) >= 11 is 0. The van der Waals surface area contributed by atoms with Crippen molar-refractivity contribution in [2.24, 2.45) is 0 Å². The van der Waals surface area contributed by atoms with E-state index in [0.29, 0.717) is 23.9 Å². The van der Waals surface area contributed by atoms with Crippen molar-refractivity contribution >= 4 is 17.1 Å². The Morgan fingerprint density at radius 1 is 1.23 bits per heavy atom. The molecular formula is C22H22N6O2. The summed E-state index contributed by atoms with van der Waals surface area (Å²) in [6, 6.07) is 8.11. The first-order chi connectivity index (χ1) is 14.6. The van der Waals surface area contributed by atoms with Crippen molar-refractivity contribution in [3.8, 4) is 11.3 Å². The summed E-state index contributed by atoms with van der Waals surface area (Å²) in [6.45, 7) is 9.10. The van der Waals surface area contributed by atoms with Crippen LogP contribution in [0.1, 0.15) is 12.2 Å². The Balaban J connectivity index is 1.85. The lowest BCUT2D eigenvalue weighted by molar-refractivity contribution is -0.384. The summed E-state index contributed by atoms with van der Waals surface area (Å²) in [6.07, 6.45) is 11.4. The molecule has 2 heterocycles. The zero-order chi connectivity index (χ0) is 21.3. The van der Waals surface area contributed by atoms with Gasteiger partial charge in [-0.05, 0) is 18.6 Å². The number of hydrogen-bond acceptors (Lipinski definition) is 6. The molecule has 0 amide bonds. The first kappa shape index (κ1) is 20.7. The third-order valence-electron chi connectivity index (χ3n) is 4.33. The van der Waals surface area contributed by atoms with Crippen molar-refractivity contribution in [3.63, 3.8) is 0 Å². The highest BCUT2D eigenvalue weighted by molar-refractivity contribution is 5.73. The number of aromatic nitrogens is 4. The van der Waals surface area contributed by atoms with Gasteiger partial charge in [0.25, 0.3) is 5.69 Å². The molecule has 3 rings (SSSR count). The average Bonchev–Trinajstić information content (AvgIpc) is 3.28. The minimum Gasteiger partial charge on any atom is -0.370 e. The molecule has 8 nitrogen and oxygen atoms in total. The highest BCUT2D eigenvalue weighted by atomic mass is 16.6. The summed E-state index contributed by atoms with van der Waals surface area (Å²) in [5.41, 5.74) is 2.18. The van der Waals surface area contributed by atoms with Gasteiger partial charge in [-0.25, -0.2) is 15.0 Å². The highest BCUT2D eigenvalue weighted by Gasteiger charge is 2.11. The van der Waals surface area contributed by atoms with Crippen LogP contribution in [0, 0.1) is 10.1 Å². The van der Waals surface area contributed by atoms with E-state index < -0.39 is 4.92 Å². The molecule has 1 aromatic carbocycles.